The highest BCUT2D eigenvalue weighted by Crippen LogP contribution is 2.31. The normalized spacial score (nSPS) is 15.6. The molecule has 0 aliphatic carbocycles. The number of aromatic nitrogens is 1. The van der Waals surface area contributed by atoms with E-state index in [0.29, 0.717) is 0 Å². The summed E-state index contributed by atoms with van der Waals surface area (Å²) in [5.41, 5.74) is 2.03. The lowest BCUT2D eigenvalue weighted by atomic mass is 9.96. The number of anilines is 1. The minimum Gasteiger partial charge on any atom is -0.346 e. The van der Waals surface area contributed by atoms with Crippen molar-refractivity contribution in [3.05, 3.63) is 82.9 Å². The van der Waals surface area contributed by atoms with Crippen molar-refractivity contribution in [1.29, 1.82) is 0 Å². The highest BCUT2D eigenvalue weighted by Gasteiger charge is 2.27. The maximum atomic E-state index is 13.4. The van der Waals surface area contributed by atoms with Crippen molar-refractivity contribution in [3.63, 3.8) is 0 Å². The molecule has 0 saturated carbocycles. The van der Waals surface area contributed by atoms with E-state index >= 15 is 0 Å². The molecule has 3 nitrogen and oxygen atoms in total. The molecule has 1 saturated heterocycles. The second-order valence-corrected chi connectivity index (χ2v) is 7.22. The quantitative estimate of drug-likeness (QED) is 0.680. The van der Waals surface area contributed by atoms with Gasteiger partial charge in [0.15, 0.2) is 5.13 Å². The number of nitrogens with zero attached hydrogens (tertiary/aromatic N) is 3. The Labute approximate surface area is 155 Å². The largest absolute Gasteiger partial charge is 0.346 e. The summed E-state index contributed by atoms with van der Waals surface area (Å²) < 4.78 is 26.8. The van der Waals surface area contributed by atoms with Gasteiger partial charge < -0.3 is 4.90 Å². The van der Waals surface area contributed by atoms with Gasteiger partial charge in [-0.3, -0.25) is 4.90 Å². The average Bonchev–Trinajstić information content (AvgIpc) is 3.20. The summed E-state index contributed by atoms with van der Waals surface area (Å²) in [6, 6.07) is 13.2. The van der Waals surface area contributed by atoms with Gasteiger partial charge in [-0.05, 0) is 35.4 Å². The zero-order valence-corrected chi connectivity index (χ0v) is 15.0. The molecule has 3 aromatic rings. The molecule has 134 valence electrons. The van der Waals surface area contributed by atoms with Crippen molar-refractivity contribution in [2.75, 3.05) is 31.1 Å². The molecule has 4 rings (SSSR count). The topological polar surface area (TPSA) is 19.4 Å². The summed E-state index contributed by atoms with van der Waals surface area (Å²) in [5.74, 6) is -0.500. The fourth-order valence-electron chi connectivity index (χ4n) is 3.45. The van der Waals surface area contributed by atoms with Crippen LogP contribution in [-0.2, 0) is 0 Å². The molecule has 0 radical (unpaired) electrons. The lowest BCUT2D eigenvalue weighted by Gasteiger charge is -2.39. The van der Waals surface area contributed by atoms with E-state index in [1.165, 1.54) is 24.3 Å². The molecule has 0 N–H and O–H groups in total. The van der Waals surface area contributed by atoms with Gasteiger partial charge in [-0.1, -0.05) is 24.3 Å². The smallest absolute Gasteiger partial charge is 0.185 e. The van der Waals surface area contributed by atoms with Gasteiger partial charge in [0.1, 0.15) is 11.6 Å². The van der Waals surface area contributed by atoms with Gasteiger partial charge in [0, 0.05) is 37.8 Å². The van der Waals surface area contributed by atoms with Gasteiger partial charge >= 0.3 is 0 Å². The predicted octanol–water partition coefficient (Wildman–Crippen LogP) is 4.33. The summed E-state index contributed by atoms with van der Waals surface area (Å²) in [6.45, 7) is 3.48. The number of benzene rings is 2. The first kappa shape index (κ1) is 17.1. The van der Waals surface area contributed by atoms with Crippen molar-refractivity contribution < 1.29 is 8.78 Å². The van der Waals surface area contributed by atoms with Crippen LogP contribution < -0.4 is 4.90 Å². The Morgan fingerprint density at radius 3 is 1.81 bits per heavy atom. The lowest BCUT2D eigenvalue weighted by molar-refractivity contribution is 0.212. The van der Waals surface area contributed by atoms with E-state index < -0.39 is 0 Å². The molecule has 2 heterocycles. The molecular formula is C20H19F2N3S. The first-order chi connectivity index (χ1) is 12.7. The number of thiazole rings is 1. The Morgan fingerprint density at radius 1 is 0.808 bits per heavy atom. The van der Waals surface area contributed by atoms with E-state index in [4.69, 9.17) is 0 Å². The second-order valence-electron chi connectivity index (χ2n) is 6.34. The van der Waals surface area contributed by atoms with Gasteiger partial charge in [-0.15, -0.1) is 11.3 Å². The van der Waals surface area contributed by atoms with Crippen LogP contribution in [0.25, 0.3) is 0 Å². The van der Waals surface area contributed by atoms with Crippen LogP contribution in [0.3, 0.4) is 0 Å². The standard InChI is InChI=1S/C20H19F2N3S/c21-17-5-1-15(2-6-17)19(16-3-7-18(22)8-4-16)24-10-12-25(13-11-24)20-23-9-14-26-20/h1-9,14,19H,10-13H2. The molecule has 1 aliphatic heterocycles. The summed E-state index contributed by atoms with van der Waals surface area (Å²) >= 11 is 1.65. The van der Waals surface area contributed by atoms with Crippen molar-refractivity contribution in [2.45, 2.75) is 6.04 Å². The van der Waals surface area contributed by atoms with Crippen LogP contribution >= 0.6 is 11.3 Å². The Morgan fingerprint density at radius 2 is 1.35 bits per heavy atom. The summed E-state index contributed by atoms with van der Waals surface area (Å²) in [5, 5.41) is 3.03. The number of rotatable bonds is 4. The van der Waals surface area contributed by atoms with E-state index in [0.717, 1.165) is 42.4 Å². The Hall–Kier alpha value is -2.31. The first-order valence-corrected chi connectivity index (χ1v) is 9.48. The number of hydrogen-bond donors (Lipinski definition) is 0. The minimum absolute atomic E-state index is 0.0188. The monoisotopic (exact) mass is 371 g/mol. The molecular weight excluding hydrogens is 352 g/mol. The molecule has 0 bridgehead atoms. The van der Waals surface area contributed by atoms with E-state index in [-0.39, 0.29) is 17.7 Å². The van der Waals surface area contributed by atoms with Crippen molar-refractivity contribution >= 4 is 16.5 Å². The fourth-order valence-corrected chi connectivity index (χ4v) is 4.14. The average molecular weight is 371 g/mol. The van der Waals surface area contributed by atoms with Crippen molar-refractivity contribution in [3.8, 4) is 0 Å². The Kier molecular flexibility index (Phi) is 4.95. The van der Waals surface area contributed by atoms with Crippen LogP contribution in [0.1, 0.15) is 17.2 Å². The van der Waals surface area contributed by atoms with E-state index in [9.17, 15) is 8.78 Å². The van der Waals surface area contributed by atoms with Crippen LogP contribution in [0.2, 0.25) is 0 Å². The zero-order valence-electron chi connectivity index (χ0n) is 14.2. The Balaban J connectivity index is 1.59. The molecule has 0 unspecified atom stereocenters. The van der Waals surface area contributed by atoms with Gasteiger partial charge in [0.2, 0.25) is 0 Å². The summed E-state index contributed by atoms with van der Waals surface area (Å²) in [6.07, 6.45) is 1.83. The van der Waals surface area contributed by atoms with E-state index in [2.05, 4.69) is 14.8 Å². The lowest BCUT2D eigenvalue weighted by Crippen LogP contribution is -2.48. The van der Waals surface area contributed by atoms with Crippen molar-refractivity contribution in [2.24, 2.45) is 0 Å². The molecule has 1 aliphatic rings. The third kappa shape index (κ3) is 3.61. The highest BCUT2D eigenvalue weighted by atomic mass is 32.1. The fraction of sp³-hybridized carbons (Fsp3) is 0.250. The van der Waals surface area contributed by atoms with Crippen molar-refractivity contribution in [1.82, 2.24) is 9.88 Å². The number of piperazine rings is 1. The molecule has 2 aromatic carbocycles. The third-order valence-corrected chi connectivity index (χ3v) is 5.57. The van der Waals surface area contributed by atoms with Gasteiger partial charge in [-0.25, -0.2) is 13.8 Å². The first-order valence-electron chi connectivity index (χ1n) is 8.60. The molecule has 1 aromatic heterocycles. The van der Waals surface area contributed by atoms with Gasteiger partial charge in [0.05, 0.1) is 6.04 Å². The SMILES string of the molecule is Fc1ccc(C(c2ccc(F)cc2)N2CCN(c3nccs3)CC2)cc1. The minimum atomic E-state index is -0.250. The third-order valence-electron chi connectivity index (χ3n) is 4.74. The summed E-state index contributed by atoms with van der Waals surface area (Å²) in [7, 11) is 0. The maximum Gasteiger partial charge on any atom is 0.185 e. The number of halogens is 2. The molecule has 0 atom stereocenters. The van der Waals surface area contributed by atoms with Crippen LogP contribution in [-0.4, -0.2) is 36.1 Å². The zero-order chi connectivity index (χ0) is 17.9. The number of hydrogen-bond acceptors (Lipinski definition) is 4. The van der Waals surface area contributed by atoms with Crippen LogP contribution in [0.4, 0.5) is 13.9 Å². The van der Waals surface area contributed by atoms with Crippen LogP contribution in [0, 0.1) is 11.6 Å². The Bertz CT molecular complexity index is 781. The highest BCUT2D eigenvalue weighted by molar-refractivity contribution is 7.13. The molecule has 1 fully saturated rings. The van der Waals surface area contributed by atoms with Crippen LogP contribution in [0.5, 0.6) is 0 Å². The second kappa shape index (κ2) is 7.51. The molecule has 6 heteroatoms. The molecule has 0 amide bonds. The van der Waals surface area contributed by atoms with Gasteiger partial charge in [-0.2, -0.15) is 0 Å². The van der Waals surface area contributed by atoms with Gasteiger partial charge in [0.25, 0.3) is 0 Å². The molecule has 26 heavy (non-hydrogen) atoms. The van der Waals surface area contributed by atoms with E-state index in [1.54, 1.807) is 11.3 Å². The molecule has 0 spiro atoms. The van der Waals surface area contributed by atoms with Crippen LogP contribution in [0.15, 0.2) is 60.1 Å². The maximum absolute atomic E-state index is 13.4. The summed E-state index contributed by atoms with van der Waals surface area (Å²) in [4.78, 5) is 9.04. The predicted molar refractivity (Wildman–Crippen MR) is 101 cm³/mol. The van der Waals surface area contributed by atoms with E-state index in [1.807, 2.05) is 35.8 Å².